The molecule has 0 radical (unpaired) electrons. The molecular weight excluding hydrogens is 324 g/mol. The van der Waals surface area contributed by atoms with Gasteiger partial charge in [-0.15, -0.1) is 0 Å². The van der Waals surface area contributed by atoms with Crippen LogP contribution in [0, 0.1) is 13.8 Å². The molecule has 25 heavy (non-hydrogen) atoms. The predicted octanol–water partition coefficient (Wildman–Crippen LogP) is 2.52. The Morgan fingerprint density at radius 1 is 1.24 bits per heavy atom. The van der Waals surface area contributed by atoms with Gasteiger partial charge in [-0.1, -0.05) is 5.16 Å². The number of aromatic nitrogens is 3. The zero-order valence-corrected chi connectivity index (χ0v) is 13.8. The van der Waals surface area contributed by atoms with Gasteiger partial charge in [0, 0.05) is 23.4 Å². The van der Waals surface area contributed by atoms with Gasteiger partial charge >= 0.3 is 0 Å². The normalized spacial score (nSPS) is 12.4. The molecule has 3 aromatic rings. The van der Waals surface area contributed by atoms with Crippen LogP contribution in [0.15, 0.2) is 35.0 Å². The molecule has 0 saturated carbocycles. The van der Waals surface area contributed by atoms with Gasteiger partial charge in [0.15, 0.2) is 17.3 Å². The summed E-state index contributed by atoms with van der Waals surface area (Å²) in [5.41, 5.74) is 2.29. The highest BCUT2D eigenvalue weighted by Crippen LogP contribution is 2.32. The van der Waals surface area contributed by atoms with Gasteiger partial charge in [0.25, 0.3) is 5.91 Å². The summed E-state index contributed by atoms with van der Waals surface area (Å²) in [5, 5.41) is 11.1. The summed E-state index contributed by atoms with van der Waals surface area (Å²) >= 11 is 0. The highest BCUT2D eigenvalue weighted by atomic mass is 16.7. The largest absolute Gasteiger partial charge is 0.454 e. The number of hydrogen-bond donors (Lipinski definition) is 1. The van der Waals surface area contributed by atoms with Crippen molar-refractivity contribution in [2.75, 3.05) is 12.1 Å². The first-order valence-corrected chi connectivity index (χ1v) is 7.76. The number of fused-ring (bicyclic) bond motifs is 1. The van der Waals surface area contributed by atoms with Crippen molar-refractivity contribution < 1.29 is 18.8 Å². The summed E-state index contributed by atoms with van der Waals surface area (Å²) in [6, 6.07) is 6.79. The van der Waals surface area contributed by atoms with E-state index in [1.807, 2.05) is 13.8 Å². The lowest BCUT2D eigenvalue weighted by atomic mass is 10.2. The summed E-state index contributed by atoms with van der Waals surface area (Å²) in [5.74, 6) is 2.17. The fraction of sp³-hybridized carbons (Fsp3) is 0.235. The average Bonchev–Trinajstić information content (AvgIpc) is 3.31. The number of carbonyl (C=O) groups is 1. The molecule has 0 unspecified atom stereocenters. The Morgan fingerprint density at radius 2 is 2.08 bits per heavy atom. The summed E-state index contributed by atoms with van der Waals surface area (Å²) in [4.78, 5) is 12.4. The van der Waals surface area contributed by atoms with Crippen LogP contribution in [0.1, 0.15) is 27.4 Å². The Kier molecular flexibility index (Phi) is 3.64. The first-order valence-electron chi connectivity index (χ1n) is 7.76. The number of benzene rings is 1. The zero-order valence-electron chi connectivity index (χ0n) is 13.8. The van der Waals surface area contributed by atoms with Crippen LogP contribution in [0.3, 0.4) is 0 Å². The van der Waals surface area contributed by atoms with Crippen LogP contribution in [0.25, 0.3) is 0 Å². The van der Waals surface area contributed by atoms with E-state index in [2.05, 4.69) is 15.6 Å². The number of nitrogens with zero attached hydrogens (tertiary/aromatic N) is 3. The number of rotatable bonds is 4. The van der Waals surface area contributed by atoms with Gasteiger partial charge in [-0.05, 0) is 32.0 Å². The fourth-order valence-corrected chi connectivity index (χ4v) is 2.63. The van der Waals surface area contributed by atoms with Gasteiger partial charge in [0.2, 0.25) is 6.79 Å². The van der Waals surface area contributed by atoms with Gasteiger partial charge in [-0.2, -0.15) is 5.10 Å². The lowest BCUT2D eigenvalue weighted by Crippen LogP contribution is -2.13. The standard InChI is InChI=1S/C17H16N4O4/c1-10-13(11(2)25-20-10)8-21-6-5-16(19-21)18-17(22)12-3-4-14-15(7-12)24-9-23-14/h3-7H,8-9H2,1-2H3,(H,18,19,22). The maximum Gasteiger partial charge on any atom is 0.257 e. The zero-order chi connectivity index (χ0) is 17.4. The molecule has 1 aliphatic heterocycles. The third kappa shape index (κ3) is 2.93. The van der Waals surface area contributed by atoms with E-state index in [0.29, 0.717) is 29.4 Å². The van der Waals surface area contributed by atoms with Crippen molar-refractivity contribution in [2.24, 2.45) is 0 Å². The molecule has 0 bridgehead atoms. The minimum atomic E-state index is -0.263. The van der Waals surface area contributed by atoms with E-state index in [1.165, 1.54) is 0 Å². The van der Waals surface area contributed by atoms with Gasteiger partial charge in [0.1, 0.15) is 5.76 Å². The lowest BCUT2D eigenvalue weighted by molar-refractivity contribution is 0.102. The summed E-state index contributed by atoms with van der Waals surface area (Å²) < 4.78 is 17.4. The second-order valence-corrected chi connectivity index (χ2v) is 5.72. The van der Waals surface area contributed by atoms with Gasteiger partial charge in [-0.3, -0.25) is 9.48 Å². The number of amides is 1. The summed E-state index contributed by atoms with van der Waals surface area (Å²) in [6.45, 7) is 4.45. The fourth-order valence-electron chi connectivity index (χ4n) is 2.63. The predicted molar refractivity (Wildman–Crippen MR) is 87.8 cm³/mol. The van der Waals surface area contributed by atoms with Gasteiger partial charge < -0.3 is 19.3 Å². The molecule has 0 saturated heterocycles. The van der Waals surface area contributed by atoms with Gasteiger partial charge in [0.05, 0.1) is 12.2 Å². The number of hydrogen-bond acceptors (Lipinski definition) is 6. The van der Waals surface area contributed by atoms with Crippen LogP contribution in [0.2, 0.25) is 0 Å². The van der Waals surface area contributed by atoms with Crippen molar-refractivity contribution in [2.45, 2.75) is 20.4 Å². The Bertz CT molecular complexity index is 925. The van der Waals surface area contributed by atoms with E-state index in [9.17, 15) is 4.79 Å². The van der Waals surface area contributed by atoms with Crippen molar-refractivity contribution in [1.29, 1.82) is 0 Å². The molecule has 2 aromatic heterocycles. The number of carbonyl (C=O) groups excluding carboxylic acids is 1. The van der Waals surface area contributed by atoms with Crippen molar-refractivity contribution in [3.8, 4) is 11.5 Å². The Balaban J connectivity index is 1.46. The maximum atomic E-state index is 12.4. The van der Waals surface area contributed by atoms with Crippen molar-refractivity contribution in [3.63, 3.8) is 0 Å². The quantitative estimate of drug-likeness (QED) is 0.785. The first kappa shape index (κ1) is 15.3. The van der Waals surface area contributed by atoms with Crippen LogP contribution in [-0.2, 0) is 6.54 Å². The van der Waals surface area contributed by atoms with E-state index < -0.39 is 0 Å². The molecule has 1 aliphatic rings. The molecule has 0 atom stereocenters. The smallest absolute Gasteiger partial charge is 0.257 e. The van der Waals surface area contributed by atoms with Crippen molar-refractivity contribution in [3.05, 3.63) is 53.0 Å². The van der Waals surface area contributed by atoms with Crippen LogP contribution in [0.5, 0.6) is 11.5 Å². The minimum Gasteiger partial charge on any atom is -0.454 e. The molecule has 8 nitrogen and oxygen atoms in total. The third-order valence-electron chi connectivity index (χ3n) is 4.02. The molecular formula is C17H16N4O4. The van der Waals surface area contributed by atoms with E-state index in [0.717, 1.165) is 17.0 Å². The van der Waals surface area contributed by atoms with Crippen LogP contribution >= 0.6 is 0 Å². The van der Waals surface area contributed by atoms with Crippen LogP contribution in [0.4, 0.5) is 5.82 Å². The Hall–Kier alpha value is -3.29. The molecule has 1 aromatic carbocycles. The third-order valence-corrected chi connectivity index (χ3v) is 4.02. The Labute approximate surface area is 143 Å². The molecule has 4 rings (SSSR count). The summed E-state index contributed by atoms with van der Waals surface area (Å²) in [7, 11) is 0. The highest BCUT2D eigenvalue weighted by Gasteiger charge is 2.17. The molecule has 8 heteroatoms. The topological polar surface area (TPSA) is 91.4 Å². The highest BCUT2D eigenvalue weighted by molar-refractivity contribution is 6.04. The Morgan fingerprint density at radius 3 is 2.88 bits per heavy atom. The van der Waals surface area contributed by atoms with E-state index in [-0.39, 0.29) is 12.7 Å². The van der Waals surface area contributed by atoms with Crippen LogP contribution in [-0.4, -0.2) is 27.6 Å². The second-order valence-electron chi connectivity index (χ2n) is 5.72. The van der Waals surface area contributed by atoms with E-state index in [1.54, 1.807) is 35.1 Å². The molecule has 3 heterocycles. The van der Waals surface area contributed by atoms with E-state index in [4.69, 9.17) is 14.0 Å². The van der Waals surface area contributed by atoms with Crippen molar-refractivity contribution in [1.82, 2.24) is 14.9 Å². The first-order chi connectivity index (χ1) is 12.1. The monoisotopic (exact) mass is 340 g/mol. The molecule has 0 aliphatic carbocycles. The SMILES string of the molecule is Cc1noc(C)c1Cn1ccc(NC(=O)c2ccc3c(c2)OCO3)n1. The molecule has 1 N–H and O–H groups in total. The average molecular weight is 340 g/mol. The van der Waals surface area contributed by atoms with E-state index >= 15 is 0 Å². The second kappa shape index (κ2) is 5.97. The van der Waals surface area contributed by atoms with Crippen molar-refractivity contribution >= 4 is 11.7 Å². The molecule has 0 spiro atoms. The number of anilines is 1. The lowest BCUT2D eigenvalue weighted by Gasteiger charge is -2.04. The molecule has 1 amide bonds. The summed E-state index contributed by atoms with van der Waals surface area (Å²) in [6.07, 6.45) is 1.79. The van der Waals surface area contributed by atoms with Gasteiger partial charge in [-0.25, -0.2) is 0 Å². The van der Waals surface area contributed by atoms with Crippen LogP contribution < -0.4 is 14.8 Å². The number of nitrogens with one attached hydrogen (secondary N) is 1. The minimum absolute atomic E-state index is 0.173. The molecule has 128 valence electrons. The number of ether oxygens (including phenoxy) is 2. The number of aryl methyl sites for hydroxylation is 2. The maximum absolute atomic E-state index is 12.4. The molecule has 0 fully saturated rings.